The minimum Gasteiger partial charge on any atom is -0.481 e. The van der Waals surface area contributed by atoms with Crippen molar-refractivity contribution in [1.29, 1.82) is 0 Å². The average Bonchev–Trinajstić information content (AvgIpc) is 2.49. The van der Waals surface area contributed by atoms with Crippen molar-refractivity contribution < 1.29 is 9.90 Å². The Labute approximate surface area is 93.2 Å². The summed E-state index contributed by atoms with van der Waals surface area (Å²) in [6, 6.07) is 0. The minimum absolute atomic E-state index is 0.332. The van der Waals surface area contributed by atoms with Gasteiger partial charge in [0.15, 0.2) is 0 Å². The second kappa shape index (κ2) is 4.31. The fourth-order valence-corrected chi connectivity index (χ4v) is 2.66. The second-order valence-electron chi connectivity index (χ2n) is 4.25. The van der Waals surface area contributed by atoms with Crippen LogP contribution in [0.5, 0.6) is 0 Å². The summed E-state index contributed by atoms with van der Waals surface area (Å²) < 4.78 is 0. The van der Waals surface area contributed by atoms with Crippen LogP contribution in [0.4, 0.5) is 0 Å². The Bertz CT molecular complexity index is 357. The maximum Gasteiger partial charge on any atom is 0.306 e. The van der Waals surface area contributed by atoms with E-state index in [1.807, 2.05) is 5.38 Å². The van der Waals surface area contributed by atoms with Crippen molar-refractivity contribution in [3.05, 3.63) is 16.1 Å². The van der Waals surface area contributed by atoms with Gasteiger partial charge < -0.3 is 5.11 Å². The number of nitrogens with zero attached hydrogens (tertiary/aromatic N) is 1. The molecule has 0 aliphatic heterocycles. The van der Waals surface area contributed by atoms with Crippen LogP contribution >= 0.6 is 11.3 Å². The molecule has 0 spiro atoms. The van der Waals surface area contributed by atoms with Crippen molar-refractivity contribution in [1.82, 2.24) is 4.98 Å². The largest absolute Gasteiger partial charge is 0.481 e. The van der Waals surface area contributed by atoms with Gasteiger partial charge in [-0.3, -0.25) is 4.79 Å². The maximum absolute atomic E-state index is 10.7. The van der Waals surface area contributed by atoms with E-state index in [0.717, 1.165) is 5.69 Å². The quantitative estimate of drug-likeness (QED) is 0.857. The molecule has 1 aliphatic carbocycles. The average molecular weight is 225 g/mol. The zero-order valence-corrected chi connectivity index (χ0v) is 9.59. The Morgan fingerprint density at radius 3 is 3.00 bits per heavy atom. The van der Waals surface area contributed by atoms with Gasteiger partial charge in [0, 0.05) is 17.7 Å². The van der Waals surface area contributed by atoms with Gasteiger partial charge in [0.25, 0.3) is 0 Å². The van der Waals surface area contributed by atoms with Crippen molar-refractivity contribution in [2.24, 2.45) is 5.92 Å². The number of thiazole rings is 1. The molecule has 0 bridgehead atoms. The van der Waals surface area contributed by atoms with Gasteiger partial charge in [-0.15, -0.1) is 11.3 Å². The van der Waals surface area contributed by atoms with E-state index in [9.17, 15) is 4.79 Å². The van der Waals surface area contributed by atoms with E-state index < -0.39 is 5.97 Å². The zero-order chi connectivity index (χ0) is 10.8. The normalized spacial score (nSPS) is 18.5. The van der Waals surface area contributed by atoms with Gasteiger partial charge in [-0.2, -0.15) is 0 Å². The van der Waals surface area contributed by atoms with Gasteiger partial charge in [0.05, 0.1) is 16.6 Å². The van der Waals surface area contributed by atoms with Crippen molar-refractivity contribution in [3.63, 3.8) is 0 Å². The van der Waals surface area contributed by atoms with Gasteiger partial charge in [-0.25, -0.2) is 4.98 Å². The number of carbonyl (C=O) groups is 1. The van der Waals surface area contributed by atoms with E-state index >= 15 is 0 Å². The van der Waals surface area contributed by atoms with Crippen molar-refractivity contribution in [2.75, 3.05) is 0 Å². The van der Waals surface area contributed by atoms with Gasteiger partial charge in [0.1, 0.15) is 0 Å². The van der Waals surface area contributed by atoms with Crippen LogP contribution in [0, 0.1) is 5.92 Å². The highest BCUT2D eigenvalue weighted by Gasteiger charge is 2.23. The molecule has 3 nitrogen and oxygen atoms in total. The van der Waals surface area contributed by atoms with Crippen LogP contribution < -0.4 is 0 Å². The predicted octanol–water partition coefficient (Wildman–Crippen LogP) is 2.67. The molecule has 1 aromatic rings. The van der Waals surface area contributed by atoms with Crippen LogP contribution in [-0.4, -0.2) is 16.1 Å². The summed E-state index contributed by atoms with van der Waals surface area (Å²) in [6.07, 6.45) is 4.37. The third-order valence-electron chi connectivity index (χ3n) is 2.96. The summed E-state index contributed by atoms with van der Waals surface area (Å²) in [7, 11) is 0. The van der Waals surface area contributed by atoms with Crippen molar-refractivity contribution in [3.8, 4) is 0 Å². The Morgan fingerprint density at radius 2 is 2.47 bits per heavy atom. The van der Waals surface area contributed by atoms with Crippen LogP contribution in [0.2, 0.25) is 0 Å². The number of aromatic nitrogens is 1. The number of hydrogen-bond acceptors (Lipinski definition) is 3. The fourth-order valence-electron chi connectivity index (χ4n) is 1.66. The molecule has 1 saturated carbocycles. The summed E-state index contributed by atoms with van der Waals surface area (Å²) >= 11 is 1.68. The number of carboxylic acids is 1. The summed E-state index contributed by atoms with van der Waals surface area (Å²) in [6.45, 7) is 1.73. The lowest BCUT2D eigenvalue weighted by molar-refractivity contribution is -0.141. The van der Waals surface area contributed by atoms with E-state index in [1.54, 1.807) is 18.3 Å². The molecule has 2 rings (SSSR count). The molecule has 1 heterocycles. The molecule has 1 atom stereocenters. The van der Waals surface area contributed by atoms with Gasteiger partial charge in [0.2, 0.25) is 0 Å². The molecular formula is C11H15NO2S. The predicted molar refractivity (Wildman–Crippen MR) is 59.2 cm³/mol. The third kappa shape index (κ3) is 2.37. The number of rotatable bonds is 4. The first-order chi connectivity index (χ1) is 7.16. The molecular weight excluding hydrogens is 210 g/mol. The Kier molecular flexibility index (Phi) is 3.05. The Balaban J connectivity index is 1.97. The lowest BCUT2D eigenvalue weighted by Crippen LogP contribution is -2.13. The van der Waals surface area contributed by atoms with Gasteiger partial charge in [-0.1, -0.05) is 13.3 Å². The molecule has 1 aromatic heterocycles. The van der Waals surface area contributed by atoms with Crippen LogP contribution in [0.3, 0.4) is 0 Å². The first-order valence-electron chi connectivity index (χ1n) is 5.34. The number of aliphatic carboxylic acids is 1. The lowest BCUT2D eigenvalue weighted by Gasteiger charge is -2.22. The molecule has 1 unspecified atom stereocenters. The summed E-state index contributed by atoms with van der Waals surface area (Å²) in [5.41, 5.74) is 0.941. The minimum atomic E-state index is -0.742. The van der Waals surface area contributed by atoms with Crippen LogP contribution in [-0.2, 0) is 11.2 Å². The molecule has 0 radical (unpaired) electrons. The van der Waals surface area contributed by atoms with Gasteiger partial charge in [-0.05, 0) is 12.8 Å². The van der Waals surface area contributed by atoms with Gasteiger partial charge >= 0.3 is 5.97 Å². The number of carboxylic acid groups (broad SMARTS) is 1. The molecule has 4 heteroatoms. The van der Waals surface area contributed by atoms with E-state index in [4.69, 9.17) is 5.11 Å². The topological polar surface area (TPSA) is 50.2 Å². The first kappa shape index (κ1) is 10.6. The highest BCUT2D eigenvalue weighted by atomic mass is 32.1. The van der Waals surface area contributed by atoms with E-state index in [2.05, 4.69) is 4.98 Å². The second-order valence-corrected chi connectivity index (χ2v) is 5.14. The van der Waals surface area contributed by atoms with Crippen molar-refractivity contribution in [2.45, 2.75) is 38.5 Å². The molecule has 0 aromatic carbocycles. The number of hydrogen-bond donors (Lipinski definition) is 1. The molecule has 1 aliphatic rings. The Hall–Kier alpha value is -0.900. The zero-order valence-electron chi connectivity index (χ0n) is 8.77. The smallest absolute Gasteiger partial charge is 0.306 e. The summed E-state index contributed by atoms with van der Waals surface area (Å²) in [4.78, 5) is 15.2. The summed E-state index contributed by atoms with van der Waals surface area (Å²) in [5.74, 6) is -0.418. The summed E-state index contributed by atoms with van der Waals surface area (Å²) in [5, 5.41) is 12.0. The molecule has 1 N–H and O–H groups in total. The fraction of sp³-hybridized carbons (Fsp3) is 0.636. The third-order valence-corrected chi connectivity index (χ3v) is 4.02. The van der Waals surface area contributed by atoms with E-state index in [0.29, 0.717) is 12.3 Å². The molecule has 82 valence electrons. The van der Waals surface area contributed by atoms with E-state index in [1.165, 1.54) is 24.3 Å². The molecule has 0 saturated heterocycles. The molecule has 15 heavy (non-hydrogen) atoms. The highest BCUT2D eigenvalue weighted by molar-refractivity contribution is 7.09. The maximum atomic E-state index is 10.7. The van der Waals surface area contributed by atoms with Crippen LogP contribution in [0.1, 0.15) is 42.8 Å². The van der Waals surface area contributed by atoms with Crippen molar-refractivity contribution >= 4 is 17.3 Å². The monoisotopic (exact) mass is 225 g/mol. The van der Waals surface area contributed by atoms with Crippen LogP contribution in [0.15, 0.2) is 5.38 Å². The molecule has 0 amide bonds. The van der Waals surface area contributed by atoms with Crippen LogP contribution in [0.25, 0.3) is 0 Å². The standard InChI is InChI=1S/C11H15NO2S/c1-7(11(13)14)5-9-6-15-10(12-9)8-3-2-4-8/h6-8H,2-5H2,1H3,(H,13,14). The lowest BCUT2D eigenvalue weighted by atomic mass is 9.86. The highest BCUT2D eigenvalue weighted by Crippen LogP contribution is 2.37. The van der Waals surface area contributed by atoms with E-state index in [-0.39, 0.29) is 5.92 Å². The molecule has 1 fully saturated rings. The Morgan fingerprint density at radius 1 is 1.73 bits per heavy atom. The first-order valence-corrected chi connectivity index (χ1v) is 6.22. The SMILES string of the molecule is CC(Cc1csc(C2CCC2)n1)C(=O)O.